The summed E-state index contributed by atoms with van der Waals surface area (Å²) in [5.41, 5.74) is 0.466. The number of carboxylic acids is 1. The summed E-state index contributed by atoms with van der Waals surface area (Å²) in [6, 6.07) is 4.84. The highest BCUT2D eigenvalue weighted by molar-refractivity contribution is 5.98. The molecule has 2 rings (SSSR count). The minimum Gasteiger partial charge on any atom is -0.479 e. The van der Waals surface area contributed by atoms with Crippen LogP contribution in [-0.4, -0.2) is 48.5 Å². The molecule has 1 aromatic rings. The summed E-state index contributed by atoms with van der Waals surface area (Å²) in [4.78, 5) is 23.6. The summed E-state index contributed by atoms with van der Waals surface area (Å²) in [5.74, 6) is -0.791. The summed E-state index contributed by atoms with van der Waals surface area (Å²) in [7, 11) is 0. The number of fused-ring (bicyclic) bond motifs is 1. The predicted octanol–water partition coefficient (Wildman–Crippen LogP) is -0.132. The van der Waals surface area contributed by atoms with Crippen LogP contribution >= 0.6 is 0 Å². The number of amides is 1. The molecule has 1 heterocycles. The molecule has 2 N–H and O–H groups in total. The standard InChI is InChI=1S/C12H13NO6/c14-5-4-13-8-2-1-3-9(18-7-11(16)17)12(8)19-6-10(13)15/h1-3,14H,4-7H2,(H,16,17). The molecule has 1 aliphatic heterocycles. The fourth-order valence-electron chi connectivity index (χ4n) is 1.81. The Morgan fingerprint density at radius 2 is 2.26 bits per heavy atom. The van der Waals surface area contributed by atoms with Crippen LogP contribution in [-0.2, 0) is 9.59 Å². The first-order chi connectivity index (χ1) is 9.13. The molecule has 0 atom stereocenters. The van der Waals surface area contributed by atoms with Crippen LogP contribution in [0.3, 0.4) is 0 Å². The number of nitrogens with zero attached hydrogens (tertiary/aromatic N) is 1. The van der Waals surface area contributed by atoms with Crippen LogP contribution in [0.1, 0.15) is 0 Å². The molecule has 0 fully saturated rings. The molecule has 1 aliphatic rings. The molecule has 0 saturated carbocycles. The molecule has 0 bridgehead atoms. The van der Waals surface area contributed by atoms with Crippen LogP contribution in [0.2, 0.25) is 0 Å². The zero-order valence-electron chi connectivity index (χ0n) is 10.0. The first kappa shape index (κ1) is 13.2. The Morgan fingerprint density at radius 1 is 1.47 bits per heavy atom. The topological polar surface area (TPSA) is 96.3 Å². The number of aliphatic hydroxyl groups excluding tert-OH is 1. The Bertz CT molecular complexity index is 501. The fraction of sp³-hybridized carbons (Fsp3) is 0.333. The number of carbonyl (C=O) groups is 2. The Labute approximate surface area is 109 Å². The van der Waals surface area contributed by atoms with E-state index in [1.807, 2.05) is 0 Å². The van der Waals surface area contributed by atoms with Gasteiger partial charge >= 0.3 is 5.97 Å². The van der Waals surface area contributed by atoms with Crippen molar-refractivity contribution in [1.29, 1.82) is 0 Å². The van der Waals surface area contributed by atoms with Gasteiger partial charge in [0.1, 0.15) is 0 Å². The van der Waals surface area contributed by atoms with Crippen LogP contribution in [0.15, 0.2) is 18.2 Å². The van der Waals surface area contributed by atoms with E-state index in [0.29, 0.717) is 11.4 Å². The number of anilines is 1. The second-order valence-electron chi connectivity index (χ2n) is 3.84. The fourth-order valence-corrected chi connectivity index (χ4v) is 1.81. The van der Waals surface area contributed by atoms with Crippen LogP contribution in [0.25, 0.3) is 0 Å². The van der Waals surface area contributed by atoms with Gasteiger partial charge in [-0.3, -0.25) is 4.79 Å². The molecule has 19 heavy (non-hydrogen) atoms. The number of rotatable bonds is 5. The van der Waals surface area contributed by atoms with Crippen LogP contribution in [0, 0.1) is 0 Å². The molecule has 0 saturated heterocycles. The Balaban J connectivity index is 2.30. The van der Waals surface area contributed by atoms with Gasteiger partial charge in [0.15, 0.2) is 24.7 Å². The third-order valence-corrected chi connectivity index (χ3v) is 2.56. The molecular formula is C12H13NO6. The van der Waals surface area contributed by atoms with Crippen molar-refractivity contribution in [3.8, 4) is 11.5 Å². The van der Waals surface area contributed by atoms with Crippen molar-refractivity contribution in [2.45, 2.75) is 0 Å². The molecule has 102 valence electrons. The van der Waals surface area contributed by atoms with Crippen LogP contribution < -0.4 is 14.4 Å². The summed E-state index contributed by atoms with van der Waals surface area (Å²) >= 11 is 0. The maximum absolute atomic E-state index is 11.7. The highest BCUT2D eigenvalue weighted by atomic mass is 16.5. The van der Waals surface area contributed by atoms with Gasteiger partial charge in [0.25, 0.3) is 5.91 Å². The van der Waals surface area contributed by atoms with E-state index in [4.69, 9.17) is 19.7 Å². The average Bonchev–Trinajstić information content (AvgIpc) is 2.39. The second-order valence-corrected chi connectivity index (χ2v) is 3.84. The van der Waals surface area contributed by atoms with Crippen molar-refractivity contribution in [3.05, 3.63) is 18.2 Å². The SMILES string of the molecule is O=C(O)COc1cccc2c1OCC(=O)N2CCO. The monoisotopic (exact) mass is 267 g/mol. The van der Waals surface area contributed by atoms with Crippen LogP contribution in [0.5, 0.6) is 11.5 Å². The van der Waals surface area contributed by atoms with Gasteiger partial charge < -0.3 is 24.6 Å². The highest BCUT2D eigenvalue weighted by Gasteiger charge is 2.27. The Morgan fingerprint density at radius 3 is 2.95 bits per heavy atom. The van der Waals surface area contributed by atoms with Crippen molar-refractivity contribution in [1.82, 2.24) is 0 Å². The van der Waals surface area contributed by atoms with E-state index >= 15 is 0 Å². The lowest BCUT2D eigenvalue weighted by Gasteiger charge is -2.29. The largest absolute Gasteiger partial charge is 0.479 e. The van der Waals surface area contributed by atoms with Gasteiger partial charge in [0.2, 0.25) is 0 Å². The lowest BCUT2D eigenvalue weighted by Crippen LogP contribution is -2.40. The summed E-state index contributed by atoms with van der Waals surface area (Å²) in [5, 5.41) is 17.6. The quantitative estimate of drug-likeness (QED) is 0.771. The van der Waals surface area contributed by atoms with Crippen LogP contribution in [0.4, 0.5) is 5.69 Å². The lowest BCUT2D eigenvalue weighted by atomic mass is 10.2. The van der Waals surface area contributed by atoms with E-state index in [-0.39, 0.29) is 31.4 Å². The molecule has 1 amide bonds. The first-order valence-corrected chi connectivity index (χ1v) is 5.65. The smallest absolute Gasteiger partial charge is 0.341 e. The zero-order chi connectivity index (χ0) is 13.8. The Kier molecular flexibility index (Phi) is 3.86. The molecule has 0 unspecified atom stereocenters. The van der Waals surface area contributed by atoms with E-state index < -0.39 is 12.6 Å². The van der Waals surface area contributed by atoms with Gasteiger partial charge in [-0.25, -0.2) is 4.79 Å². The number of aliphatic hydroxyl groups is 1. The lowest BCUT2D eigenvalue weighted by molar-refractivity contribution is -0.139. The molecule has 7 nitrogen and oxygen atoms in total. The molecule has 7 heteroatoms. The zero-order valence-corrected chi connectivity index (χ0v) is 10.0. The van der Waals surface area contributed by atoms with E-state index in [1.165, 1.54) is 4.90 Å². The predicted molar refractivity (Wildman–Crippen MR) is 64.5 cm³/mol. The molecule has 0 aromatic heterocycles. The number of benzene rings is 1. The number of β-amino-alcohol motifs (C(OH)–C–C–N with tert-alkyl or cyclic N) is 1. The second kappa shape index (κ2) is 5.57. The number of para-hydroxylation sites is 1. The number of hydrogen-bond donors (Lipinski definition) is 2. The molecule has 0 spiro atoms. The molecular weight excluding hydrogens is 254 g/mol. The first-order valence-electron chi connectivity index (χ1n) is 5.65. The highest BCUT2D eigenvalue weighted by Crippen LogP contribution is 2.39. The summed E-state index contributed by atoms with van der Waals surface area (Å²) < 4.78 is 10.4. The third kappa shape index (κ3) is 2.76. The normalized spacial score (nSPS) is 13.7. The van der Waals surface area contributed by atoms with E-state index in [0.717, 1.165) is 0 Å². The van der Waals surface area contributed by atoms with Gasteiger partial charge in [-0.15, -0.1) is 0 Å². The maximum atomic E-state index is 11.7. The van der Waals surface area contributed by atoms with Crippen molar-refractivity contribution in [2.24, 2.45) is 0 Å². The van der Waals surface area contributed by atoms with E-state index in [9.17, 15) is 9.59 Å². The van der Waals surface area contributed by atoms with E-state index in [2.05, 4.69) is 0 Å². The maximum Gasteiger partial charge on any atom is 0.341 e. The van der Waals surface area contributed by atoms with Crippen molar-refractivity contribution < 1.29 is 29.3 Å². The summed E-state index contributed by atoms with van der Waals surface area (Å²) in [6.07, 6.45) is 0. The number of hydrogen-bond acceptors (Lipinski definition) is 5. The Hall–Kier alpha value is -2.28. The number of ether oxygens (including phenoxy) is 2. The van der Waals surface area contributed by atoms with Gasteiger partial charge in [-0.2, -0.15) is 0 Å². The number of carbonyl (C=O) groups excluding carboxylic acids is 1. The van der Waals surface area contributed by atoms with Gasteiger partial charge in [0.05, 0.1) is 12.3 Å². The molecule has 0 aliphatic carbocycles. The van der Waals surface area contributed by atoms with E-state index in [1.54, 1.807) is 18.2 Å². The van der Waals surface area contributed by atoms with Crippen molar-refractivity contribution >= 4 is 17.6 Å². The minimum absolute atomic E-state index is 0.150. The van der Waals surface area contributed by atoms with Gasteiger partial charge in [-0.1, -0.05) is 6.07 Å². The number of aliphatic carboxylic acids is 1. The van der Waals surface area contributed by atoms with Gasteiger partial charge in [0, 0.05) is 6.54 Å². The number of carboxylic acid groups (broad SMARTS) is 1. The van der Waals surface area contributed by atoms with Crippen molar-refractivity contribution in [2.75, 3.05) is 31.3 Å². The van der Waals surface area contributed by atoms with Crippen molar-refractivity contribution in [3.63, 3.8) is 0 Å². The average molecular weight is 267 g/mol. The minimum atomic E-state index is -1.10. The van der Waals surface area contributed by atoms with Gasteiger partial charge in [-0.05, 0) is 12.1 Å². The molecule has 1 aromatic carbocycles. The summed E-state index contributed by atoms with van der Waals surface area (Å²) in [6.45, 7) is -0.683. The third-order valence-electron chi connectivity index (χ3n) is 2.56. The molecule has 0 radical (unpaired) electrons.